The Kier molecular flexibility index (Phi) is 6.83. The van der Waals surface area contributed by atoms with E-state index in [4.69, 9.17) is 14.7 Å². The van der Waals surface area contributed by atoms with Crippen molar-refractivity contribution in [3.63, 3.8) is 0 Å². The molecule has 2 fully saturated rings. The van der Waals surface area contributed by atoms with Crippen LogP contribution in [0.4, 0.5) is 5.13 Å². The van der Waals surface area contributed by atoms with Crippen molar-refractivity contribution in [2.45, 2.75) is 45.1 Å². The average Bonchev–Trinajstić information content (AvgIpc) is 3.49. The van der Waals surface area contributed by atoms with Gasteiger partial charge in [-0.15, -0.1) is 11.3 Å². The molecule has 1 aliphatic carbocycles. The number of carbonyl (C=O) groups is 1. The first kappa shape index (κ1) is 22.9. The van der Waals surface area contributed by atoms with Gasteiger partial charge in [-0.1, -0.05) is 61.7 Å². The standard InChI is InChI=1S/C27H27N3O2S2/c1-18(20-12-9-15-22(16-20)32-2)24-25(31)30(21-13-7-4-8-14-21)27(34-24)29-26-28-23(17-33-26)19-10-5-3-6-11-19/h3,5-6,9-12,15-17,21H,4,7-8,13-14H2,1-2H3/b24-18-,29-27+. The van der Waals surface area contributed by atoms with Crippen molar-refractivity contribution in [3.8, 4) is 17.0 Å². The van der Waals surface area contributed by atoms with E-state index in [1.807, 2.05) is 71.8 Å². The average molecular weight is 490 g/mol. The molecule has 5 rings (SSSR count). The van der Waals surface area contributed by atoms with Gasteiger partial charge >= 0.3 is 0 Å². The summed E-state index contributed by atoms with van der Waals surface area (Å²) in [5.41, 5.74) is 3.91. The summed E-state index contributed by atoms with van der Waals surface area (Å²) in [6.45, 7) is 2.01. The lowest BCUT2D eigenvalue weighted by atomic mass is 9.94. The highest BCUT2D eigenvalue weighted by Crippen LogP contribution is 2.42. The van der Waals surface area contributed by atoms with Crippen LogP contribution in [0.3, 0.4) is 0 Å². The maximum atomic E-state index is 13.7. The molecule has 1 aromatic heterocycles. The maximum absolute atomic E-state index is 13.7. The molecule has 174 valence electrons. The Morgan fingerprint density at radius 1 is 1.09 bits per heavy atom. The number of carbonyl (C=O) groups excluding carboxylic acids is 1. The quantitative estimate of drug-likeness (QED) is 0.357. The molecule has 7 heteroatoms. The molecule has 1 saturated carbocycles. The number of amides is 1. The van der Waals surface area contributed by atoms with Gasteiger partial charge in [-0.3, -0.25) is 9.69 Å². The van der Waals surface area contributed by atoms with Gasteiger partial charge in [0.05, 0.1) is 17.7 Å². The monoisotopic (exact) mass is 489 g/mol. The van der Waals surface area contributed by atoms with Gasteiger partial charge in [0.1, 0.15) is 5.75 Å². The van der Waals surface area contributed by atoms with E-state index in [1.54, 1.807) is 7.11 Å². The van der Waals surface area contributed by atoms with Crippen LogP contribution in [0.15, 0.2) is 69.9 Å². The Balaban J connectivity index is 1.52. The number of nitrogens with zero attached hydrogens (tertiary/aromatic N) is 3. The van der Waals surface area contributed by atoms with Crippen molar-refractivity contribution in [2.75, 3.05) is 7.11 Å². The molecule has 1 saturated heterocycles. The maximum Gasteiger partial charge on any atom is 0.267 e. The predicted molar refractivity (Wildman–Crippen MR) is 142 cm³/mol. The van der Waals surface area contributed by atoms with Crippen molar-refractivity contribution in [1.82, 2.24) is 9.88 Å². The lowest BCUT2D eigenvalue weighted by molar-refractivity contribution is -0.124. The molecule has 2 aliphatic rings. The highest BCUT2D eigenvalue weighted by Gasteiger charge is 2.40. The van der Waals surface area contributed by atoms with Crippen LogP contribution in [0.1, 0.15) is 44.6 Å². The van der Waals surface area contributed by atoms with Crippen LogP contribution in [0, 0.1) is 0 Å². The van der Waals surface area contributed by atoms with Crippen molar-refractivity contribution in [2.24, 2.45) is 4.99 Å². The molecule has 1 amide bonds. The predicted octanol–water partition coefficient (Wildman–Crippen LogP) is 7.15. The Hall–Kier alpha value is -2.90. The summed E-state index contributed by atoms with van der Waals surface area (Å²) >= 11 is 2.98. The van der Waals surface area contributed by atoms with E-state index in [-0.39, 0.29) is 11.9 Å². The third-order valence-corrected chi connectivity index (χ3v) is 8.24. The number of hydrogen-bond donors (Lipinski definition) is 0. The minimum Gasteiger partial charge on any atom is -0.497 e. The molecular weight excluding hydrogens is 462 g/mol. The number of thioether (sulfide) groups is 1. The second-order valence-electron chi connectivity index (χ2n) is 8.53. The first-order valence-corrected chi connectivity index (χ1v) is 13.3. The summed E-state index contributed by atoms with van der Waals surface area (Å²) in [6.07, 6.45) is 5.57. The lowest BCUT2D eigenvalue weighted by Crippen LogP contribution is -2.40. The summed E-state index contributed by atoms with van der Waals surface area (Å²) in [4.78, 5) is 26.0. The largest absolute Gasteiger partial charge is 0.497 e. The molecular formula is C27H27N3O2S2. The molecule has 0 radical (unpaired) electrons. The molecule has 2 aromatic carbocycles. The number of aromatic nitrogens is 1. The molecule has 0 bridgehead atoms. The fraction of sp³-hybridized carbons (Fsp3) is 0.296. The van der Waals surface area contributed by atoms with E-state index >= 15 is 0 Å². The summed E-state index contributed by atoms with van der Waals surface area (Å²) in [5, 5.41) is 3.44. The number of methoxy groups -OCH3 is 1. The Bertz CT molecular complexity index is 1240. The first-order chi connectivity index (χ1) is 16.6. The number of aliphatic imine (C=N–C) groups is 1. The zero-order chi connectivity index (χ0) is 23.5. The van der Waals surface area contributed by atoms with Crippen molar-refractivity contribution < 1.29 is 9.53 Å². The minimum absolute atomic E-state index is 0.0517. The third kappa shape index (κ3) is 4.68. The minimum atomic E-state index is 0.0517. The SMILES string of the molecule is COc1cccc(/C(C)=C2\S/C(=N/c3nc(-c4ccccc4)cs3)N(C3CCCCC3)C2=O)c1. The number of benzene rings is 2. The molecule has 3 aromatic rings. The molecule has 0 spiro atoms. The van der Waals surface area contributed by atoms with E-state index in [2.05, 4.69) is 0 Å². The van der Waals surface area contributed by atoms with E-state index in [9.17, 15) is 4.79 Å². The Morgan fingerprint density at radius 3 is 2.65 bits per heavy atom. The lowest BCUT2D eigenvalue weighted by Gasteiger charge is -2.30. The van der Waals surface area contributed by atoms with Crippen molar-refractivity contribution in [3.05, 3.63) is 70.4 Å². The van der Waals surface area contributed by atoms with Crippen LogP contribution >= 0.6 is 23.1 Å². The van der Waals surface area contributed by atoms with Crippen LogP contribution in [0.25, 0.3) is 16.8 Å². The number of thiazole rings is 1. The number of ether oxygens (including phenoxy) is 1. The van der Waals surface area contributed by atoms with Crippen LogP contribution in [-0.4, -0.2) is 34.1 Å². The van der Waals surface area contributed by atoms with Gasteiger partial charge in [0.2, 0.25) is 5.13 Å². The van der Waals surface area contributed by atoms with E-state index in [0.29, 0.717) is 5.13 Å². The van der Waals surface area contributed by atoms with E-state index < -0.39 is 0 Å². The van der Waals surface area contributed by atoms with E-state index in [1.165, 1.54) is 29.5 Å². The second-order valence-corrected chi connectivity index (χ2v) is 10.3. The Labute approximate surface area is 208 Å². The molecule has 1 aliphatic heterocycles. The zero-order valence-electron chi connectivity index (χ0n) is 19.4. The fourth-order valence-corrected chi connectivity index (χ4v) is 6.34. The fourth-order valence-electron chi connectivity index (χ4n) is 4.48. The van der Waals surface area contributed by atoms with Crippen LogP contribution in [0.2, 0.25) is 0 Å². The van der Waals surface area contributed by atoms with Crippen LogP contribution < -0.4 is 4.74 Å². The number of rotatable bonds is 5. The normalized spacial score (nSPS) is 19.6. The van der Waals surface area contributed by atoms with Gasteiger partial charge in [-0.25, -0.2) is 4.98 Å². The van der Waals surface area contributed by atoms with Crippen molar-refractivity contribution in [1.29, 1.82) is 0 Å². The number of allylic oxidation sites excluding steroid dienone is 1. The molecule has 2 heterocycles. The van der Waals surface area contributed by atoms with Crippen molar-refractivity contribution >= 4 is 44.9 Å². The number of hydrogen-bond acceptors (Lipinski definition) is 6. The molecule has 5 nitrogen and oxygen atoms in total. The molecule has 0 atom stereocenters. The highest BCUT2D eigenvalue weighted by molar-refractivity contribution is 8.18. The van der Waals surface area contributed by atoms with Crippen LogP contribution in [-0.2, 0) is 4.79 Å². The first-order valence-electron chi connectivity index (χ1n) is 11.6. The summed E-state index contributed by atoms with van der Waals surface area (Å²) in [5.74, 6) is 0.831. The highest BCUT2D eigenvalue weighted by atomic mass is 32.2. The molecule has 0 N–H and O–H groups in total. The summed E-state index contributed by atoms with van der Waals surface area (Å²) in [6, 6.07) is 18.2. The summed E-state index contributed by atoms with van der Waals surface area (Å²) < 4.78 is 5.39. The van der Waals surface area contributed by atoms with Crippen LogP contribution in [0.5, 0.6) is 5.75 Å². The smallest absolute Gasteiger partial charge is 0.267 e. The van der Waals surface area contributed by atoms with Gasteiger partial charge in [0, 0.05) is 17.0 Å². The molecule has 0 unspecified atom stereocenters. The van der Waals surface area contributed by atoms with Gasteiger partial charge in [0.15, 0.2) is 5.17 Å². The van der Waals surface area contributed by atoms with E-state index in [0.717, 1.165) is 63.9 Å². The molecule has 34 heavy (non-hydrogen) atoms. The van der Waals surface area contributed by atoms with Gasteiger partial charge in [0.25, 0.3) is 5.91 Å². The Morgan fingerprint density at radius 2 is 1.88 bits per heavy atom. The number of amidine groups is 1. The summed E-state index contributed by atoms with van der Waals surface area (Å²) in [7, 11) is 1.66. The zero-order valence-corrected chi connectivity index (χ0v) is 21.0. The van der Waals surface area contributed by atoms with Gasteiger partial charge in [-0.05, 0) is 54.8 Å². The van der Waals surface area contributed by atoms with Gasteiger partial charge in [-0.2, -0.15) is 4.99 Å². The topological polar surface area (TPSA) is 54.8 Å². The second kappa shape index (κ2) is 10.2. The third-order valence-electron chi connectivity index (χ3n) is 6.35. The van der Waals surface area contributed by atoms with Gasteiger partial charge < -0.3 is 4.74 Å².